The number of esters is 1. The number of amides is 1. The molecule has 1 N–H and O–H groups in total. The van der Waals surface area contributed by atoms with Crippen LogP contribution < -0.4 is 5.32 Å². The van der Waals surface area contributed by atoms with E-state index >= 15 is 0 Å². The first kappa shape index (κ1) is 10.3. The van der Waals surface area contributed by atoms with Crippen molar-refractivity contribution in [3.05, 3.63) is 0 Å². The fourth-order valence-corrected chi connectivity index (χ4v) is 1.38. The maximum absolute atomic E-state index is 11.1. The maximum Gasteiger partial charge on any atom is 0.309 e. The fraction of sp³-hybridized carbons (Fsp3) is 0.750. The van der Waals surface area contributed by atoms with E-state index in [-0.39, 0.29) is 24.5 Å². The van der Waals surface area contributed by atoms with Crippen molar-refractivity contribution < 1.29 is 14.3 Å². The molecular weight excluding hydrogens is 194 g/mol. The number of ether oxygens (including phenoxy) is 1. The summed E-state index contributed by atoms with van der Waals surface area (Å²) in [5.41, 5.74) is 0. The SMILES string of the molecule is O=CNC1CC(C(=O)OCCCl)C1. The van der Waals surface area contributed by atoms with E-state index in [1.807, 2.05) is 0 Å². The number of alkyl halides is 1. The van der Waals surface area contributed by atoms with Crippen LogP contribution in [-0.2, 0) is 14.3 Å². The van der Waals surface area contributed by atoms with Crippen LogP contribution in [-0.4, -0.2) is 30.9 Å². The van der Waals surface area contributed by atoms with E-state index in [2.05, 4.69) is 5.32 Å². The summed E-state index contributed by atoms with van der Waals surface area (Å²) in [6, 6.07) is 0.144. The van der Waals surface area contributed by atoms with Crippen LogP contribution >= 0.6 is 11.6 Å². The van der Waals surface area contributed by atoms with Crippen molar-refractivity contribution in [1.29, 1.82) is 0 Å². The Morgan fingerprint density at radius 1 is 1.62 bits per heavy atom. The third-order valence-corrected chi connectivity index (χ3v) is 2.25. The molecule has 1 saturated carbocycles. The van der Waals surface area contributed by atoms with Gasteiger partial charge in [0.25, 0.3) is 0 Å². The van der Waals surface area contributed by atoms with Gasteiger partial charge in [0, 0.05) is 6.04 Å². The Morgan fingerprint density at radius 2 is 2.31 bits per heavy atom. The monoisotopic (exact) mass is 205 g/mol. The molecule has 4 nitrogen and oxygen atoms in total. The van der Waals surface area contributed by atoms with E-state index < -0.39 is 0 Å². The standard InChI is InChI=1S/C8H12ClNO3/c9-1-2-13-8(12)6-3-7(4-6)10-5-11/h5-7H,1-4H2,(H,10,11). The molecule has 0 bridgehead atoms. The molecule has 1 amide bonds. The van der Waals surface area contributed by atoms with Crippen LogP contribution in [0.25, 0.3) is 0 Å². The third-order valence-electron chi connectivity index (χ3n) is 2.10. The lowest BCUT2D eigenvalue weighted by atomic mass is 9.80. The summed E-state index contributed by atoms with van der Waals surface area (Å²) in [5.74, 6) is 0.0688. The number of rotatable bonds is 5. The van der Waals surface area contributed by atoms with E-state index in [1.165, 1.54) is 0 Å². The van der Waals surface area contributed by atoms with Crippen molar-refractivity contribution in [2.24, 2.45) is 5.92 Å². The minimum Gasteiger partial charge on any atom is -0.464 e. The van der Waals surface area contributed by atoms with Crippen molar-refractivity contribution in [3.8, 4) is 0 Å². The average Bonchev–Trinajstić information content (AvgIpc) is 2.06. The largest absolute Gasteiger partial charge is 0.464 e. The molecule has 0 aliphatic heterocycles. The maximum atomic E-state index is 11.1. The molecule has 1 aliphatic rings. The lowest BCUT2D eigenvalue weighted by Crippen LogP contribution is -2.44. The van der Waals surface area contributed by atoms with Crippen LogP contribution in [0.4, 0.5) is 0 Å². The Balaban J connectivity index is 2.11. The Kier molecular flexibility index (Phi) is 4.02. The number of nitrogens with one attached hydrogen (secondary N) is 1. The van der Waals surface area contributed by atoms with Gasteiger partial charge in [-0.3, -0.25) is 9.59 Å². The molecule has 0 aromatic rings. The van der Waals surface area contributed by atoms with Gasteiger partial charge in [-0.1, -0.05) is 0 Å². The van der Waals surface area contributed by atoms with Gasteiger partial charge in [-0.2, -0.15) is 0 Å². The topological polar surface area (TPSA) is 55.4 Å². The van der Waals surface area contributed by atoms with E-state index in [9.17, 15) is 9.59 Å². The summed E-state index contributed by atoms with van der Waals surface area (Å²) in [5, 5.41) is 2.61. The second-order valence-corrected chi connectivity index (χ2v) is 3.38. The first-order chi connectivity index (χ1) is 6.27. The number of carbonyl (C=O) groups is 2. The van der Waals surface area contributed by atoms with Crippen molar-refractivity contribution in [2.75, 3.05) is 12.5 Å². The first-order valence-electron chi connectivity index (χ1n) is 4.20. The average molecular weight is 206 g/mol. The van der Waals surface area contributed by atoms with Gasteiger partial charge in [0.2, 0.25) is 6.41 Å². The van der Waals surface area contributed by atoms with Crippen LogP contribution in [0.5, 0.6) is 0 Å². The minimum atomic E-state index is -0.204. The molecule has 0 aromatic carbocycles. The highest BCUT2D eigenvalue weighted by atomic mass is 35.5. The molecule has 0 atom stereocenters. The molecule has 0 spiro atoms. The quantitative estimate of drug-likeness (QED) is 0.399. The summed E-state index contributed by atoms with van der Waals surface area (Å²) >= 11 is 5.35. The van der Waals surface area contributed by atoms with Crippen molar-refractivity contribution in [3.63, 3.8) is 0 Å². The zero-order valence-corrected chi connectivity index (χ0v) is 7.92. The van der Waals surface area contributed by atoms with E-state index in [1.54, 1.807) is 0 Å². The lowest BCUT2D eigenvalue weighted by molar-refractivity contribution is -0.152. The molecule has 13 heavy (non-hydrogen) atoms. The summed E-state index contributed by atoms with van der Waals surface area (Å²) in [6.45, 7) is 0.267. The molecule has 0 heterocycles. The first-order valence-corrected chi connectivity index (χ1v) is 4.73. The van der Waals surface area contributed by atoms with E-state index in [0.29, 0.717) is 25.1 Å². The fourth-order valence-electron chi connectivity index (χ4n) is 1.30. The van der Waals surface area contributed by atoms with Gasteiger partial charge in [0.05, 0.1) is 11.8 Å². The van der Waals surface area contributed by atoms with Crippen molar-refractivity contribution in [1.82, 2.24) is 5.32 Å². The van der Waals surface area contributed by atoms with Crippen molar-refractivity contribution >= 4 is 24.0 Å². The van der Waals surface area contributed by atoms with Gasteiger partial charge in [-0.05, 0) is 12.8 Å². The highest BCUT2D eigenvalue weighted by Gasteiger charge is 2.35. The predicted octanol–water partition coefficient (Wildman–Crippen LogP) is 0.293. The highest BCUT2D eigenvalue weighted by molar-refractivity contribution is 6.18. The van der Waals surface area contributed by atoms with Crippen LogP contribution in [0.15, 0.2) is 0 Å². The Bertz CT molecular complexity index is 192. The highest BCUT2D eigenvalue weighted by Crippen LogP contribution is 2.28. The molecular formula is C8H12ClNO3. The van der Waals surface area contributed by atoms with Crippen molar-refractivity contribution in [2.45, 2.75) is 18.9 Å². The Hall–Kier alpha value is -0.770. The van der Waals surface area contributed by atoms with E-state index in [4.69, 9.17) is 16.3 Å². The molecule has 0 unspecified atom stereocenters. The normalized spacial score (nSPS) is 25.9. The van der Waals surface area contributed by atoms with Crippen LogP contribution in [0, 0.1) is 5.92 Å². The van der Waals surface area contributed by atoms with Gasteiger partial charge in [0.15, 0.2) is 0 Å². The molecule has 0 saturated heterocycles. The molecule has 1 aliphatic carbocycles. The Labute approximate surface area is 81.6 Å². The van der Waals surface area contributed by atoms with E-state index in [0.717, 1.165) is 0 Å². The molecule has 1 rings (SSSR count). The zero-order valence-electron chi connectivity index (χ0n) is 7.16. The second-order valence-electron chi connectivity index (χ2n) is 3.01. The molecule has 0 radical (unpaired) electrons. The molecule has 74 valence electrons. The van der Waals surface area contributed by atoms with Gasteiger partial charge >= 0.3 is 5.97 Å². The molecule has 1 fully saturated rings. The lowest BCUT2D eigenvalue weighted by Gasteiger charge is -2.32. The van der Waals surface area contributed by atoms with Gasteiger partial charge < -0.3 is 10.1 Å². The van der Waals surface area contributed by atoms with Crippen LogP contribution in [0.1, 0.15) is 12.8 Å². The summed E-state index contributed by atoms with van der Waals surface area (Å²) in [6.07, 6.45) is 2.02. The van der Waals surface area contributed by atoms with Crippen LogP contribution in [0.2, 0.25) is 0 Å². The second kappa shape index (κ2) is 5.07. The van der Waals surface area contributed by atoms with Gasteiger partial charge in [0.1, 0.15) is 6.61 Å². The smallest absolute Gasteiger partial charge is 0.309 e. The minimum absolute atomic E-state index is 0.0549. The Morgan fingerprint density at radius 3 is 2.85 bits per heavy atom. The number of hydrogen-bond donors (Lipinski definition) is 1. The number of hydrogen-bond acceptors (Lipinski definition) is 3. The zero-order chi connectivity index (χ0) is 9.68. The van der Waals surface area contributed by atoms with Gasteiger partial charge in [-0.15, -0.1) is 11.6 Å². The summed E-state index contributed by atoms with van der Waals surface area (Å²) in [7, 11) is 0. The summed E-state index contributed by atoms with van der Waals surface area (Å²) in [4.78, 5) is 21.1. The third kappa shape index (κ3) is 2.88. The molecule has 5 heteroatoms. The van der Waals surface area contributed by atoms with Crippen LogP contribution in [0.3, 0.4) is 0 Å². The summed E-state index contributed by atoms with van der Waals surface area (Å²) < 4.78 is 4.83. The number of halogens is 1. The number of carbonyl (C=O) groups excluding carboxylic acids is 2. The van der Waals surface area contributed by atoms with Gasteiger partial charge in [-0.25, -0.2) is 0 Å². The molecule has 0 aromatic heterocycles. The predicted molar refractivity (Wildman–Crippen MR) is 47.4 cm³/mol.